The number of methoxy groups -OCH3 is 1. The number of benzene rings is 1. The fourth-order valence-electron chi connectivity index (χ4n) is 3.03. The lowest BCUT2D eigenvalue weighted by atomic mass is 10.0. The van der Waals surface area contributed by atoms with Gasteiger partial charge in [-0.3, -0.25) is 9.59 Å². The molecule has 2 rings (SSSR count). The molecule has 0 aromatic heterocycles. The number of amides is 2. The fourth-order valence-corrected chi connectivity index (χ4v) is 3.03. The Bertz CT molecular complexity index is 545. The van der Waals surface area contributed by atoms with E-state index in [2.05, 4.69) is 5.32 Å². The highest BCUT2D eigenvalue weighted by molar-refractivity contribution is 5.79. The number of likely N-dealkylation sites (tertiary alicyclic amines) is 1. The van der Waals surface area contributed by atoms with Crippen molar-refractivity contribution in [1.82, 2.24) is 10.2 Å². The molecular formula is C17H25N3O3. The lowest BCUT2D eigenvalue weighted by Crippen LogP contribution is -2.41. The number of nitrogens with two attached hydrogens (primary N) is 1. The van der Waals surface area contributed by atoms with Gasteiger partial charge in [0.25, 0.3) is 0 Å². The summed E-state index contributed by atoms with van der Waals surface area (Å²) in [5.41, 5.74) is 6.63. The third-order valence-corrected chi connectivity index (χ3v) is 4.24. The van der Waals surface area contributed by atoms with E-state index in [-0.39, 0.29) is 30.3 Å². The normalized spacial score (nSPS) is 18.6. The highest BCUT2D eigenvalue weighted by Gasteiger charge is 2.29. The Balaban J connectivity index is 2.11. The second-order valence-electron chi connectivity index (χ2n) is 5.85. The van der Waals surface area contributed by atoms with Crippen LogP contribution < -0.4 is 15.8 Å². The summed E-state index contributed by atoms with van der Waals surface area (Å²) in [5.74, 6) is 0.618. The molecule has 1 fully saturated rings. The summed E-state index contributed by atoms with van der Waals surface area (Å²) in [4.78, 5) is 25.9. The van der Waals surface area contributed by atoms with Crippen molar-refractivity contribution in [2.45, 2.75) is 38.3 Å². The first kappa shape index (κ1) is 17.3. The van der Waals surface area contributed by atoms with Crippen LogP contribution >= 0.6 is 0 Å². The van der Waals surface area contributed by atoms with E-state index in [1.165, 1.54) is 6.92 Å². The summed E-state index contributed by atoms with van der Waals surface area (Å²) in [5, 5.41) is 2.86. The van der Waals surface area contributed by atoms with Crippen molar-refractivity contribution in [1.29, 1.82) is 0 Å². The average Bonchev–Trinajstić information content (AvgIpc) is 3.02. The second-order valence-corrected chi connectivity index (χ2v) is 5.85. The Morgan fingerprint density at radius 3 is 2.65 bits per heavy atom. The smallest absolute Gasteiger partial charge is 0.225 e. The molecule has 1 aromatic rings. The number of hydrogen-bond donors (Lipinski definition) is 2. The Hall–Kier alpha value is -2.08. The average molecular weight is 319 g/mol. The maximum Gasteiger partial charge on any atom is 0.225 e. The van der Waals surface area contributed by atoms with Crippen LogP contribution in [0.4, 0.5) is 0 Å². The minimum Gasteiger partial charge on any atom is -0.497 e. The number of nitrogens with zero attached hydrogens (tertiary/aromatic N) is 1. The van der Waals surface area contributed by atoms with E-state index in [9.17, 15) is 9.59 Å². The van der Waals surface area contributed by atoms with Crippen LogP contribution in [0.25, 0.3) is 0 Å². The van der Waals surface area contributed by atoms with E-state index in [1.54, 1.807) is 7.11 Å². The van der Waals surface area contributed by atoms with Crippen LogP contribution in [0, 0.1) is 0 Å². The van der Waals surface area contributed by atoms with Crippen LogP contribution in [-0.4, -0.2) is 43.0 Å². The molecule has 1 aromatic carbocycles. The van der Waals surface area contributed by atoms with Crippen LogP contribution in [0.5, 0.6) is 5.75 Å². The quantitative estimate of drug-likeness (QED) is 0.825. The van der Waals surface area contributed by atoms with E-state index in [0.717, 1.165) is 30.7 Å². The summed E-state index contributed by atoms with van der Waals surface area (Å²) in [6.07, 6.45) is 2.18. The van der Waals surface area contributed by atoms with E-state index >= 15 is 0 Å². The summed E-state index contributed by atoms with van der Waals surface area (Å²) in [6, 6.07) is 7.18. The maximum atomic E-state index is 12.6. The topological polar surface area (TPSA) is 84.7 Å². The third kappa shape index (κ3) is 4.45. The first-order valence-corrected chi connectivity index (χ1v) is 7.95. The van der Waals surface area contributed by atoms with Gasteiger partial charge in [0.15, 0.2) is 0 Å². The Morgan fingerprint density at radius 1 is 1.39 bits per heavy atom. The molecule has 126 valence electrons. The van der Waals surface area contributed by atoms with Crippen LogP contribution in [0.2, 0.25) is 0 Å². The van der Waals surface area contributed by atoms with Gasteiger partial charge in [0.2, 0.25) is 11.8 Å². The number of carbonyl (C=O) groups is 2. The van der Waals surface area contributed by atoms with Crippen molar-refractivity contribution in [3.63, 3.8) is 0 Å². The minimum absolute atomic E-state index is 0.0347. The third-order valence-electron chi connectivity index (χ3n) is 4.24. The van der Waals surface area contributed by atoms with Gasteiger partial charge in [-0.1, -0.05) is 12.1 Å². The van der Waals surface area contributed by atoms with Crippen LogP contribution in [0.3, 0.4) is 0 Å². The molecular weight excluding hydrogens is 294 g/mol. The molecule has 0 spiro atoms. The van der Waals surface area contributed by atoms with Gasteiger partial charge in [-0.15, -0.1) is 0 Å². The first-order valence-electron chi connectivity index (χ1n) is 7.95. The molecule has 2 atom stereocenters. The van der Waals surface area contributed by atoms with Crippen molar-refractivity contribution in [3.8, 4) is 5.75 Å². The highest BCUT2D eigenvalue weighted by atomic mass is 16.5. The lowest BCUT2D eigenvalue weighted by Gasteiger charge is -2.26. The zero-order chi connectivity index (χ0) is 16.8. The molecule has 6 heteroatoms. The van der Waals surface area contributed by atoms with E-state index < -0.39 is 0 Å². The van der Waals surface area contributed by atoms with Crippen molar-refractivity contribution < 1.29 is 14.3 Å². The van der Waals surface area contributed by atoms with E-state index in [1.807, 2.05) is 29.2 Å². The Labute approximate surface area is 137 Å². The summed E-state index contributed by atoms with van der Waals surface area (Å²) in [6.45, 7) is 2.69. The van der Waals surface area contributed by atoms with Gasteiger partial charge in [-0.25, -0.2) is 0 Å². The number of hydrogen-bond acceptors (Lipinski definition) is 4. The Kier molecular flexibility index (Phi) is 5.98. The van der Waals surface area contributed by atoms with Crippen LogP contribution in [0.15, 0.2) is 24.3 Å². The molecule has 0 bridgehead atoms. The fraction of sp³-hybridized carbons (Fsp3) is 0.529. The van der Waals surface area contributed by atoms with Gasteiger partial charge >= 0.3 is 0 Å². The molecule has 0 saturated carbocycles. The lowest BCUT2D eigenvalue weighted by molar-refractivity contribution is -0.132. The minimum atomic E-state index is -0.343. The van der Waals surface area contributed by atoms with Gasteiger partial charge in [0, 0.05) is 26.1 Å². The van der Waals surface area contributed by atoms with Crippen LogP contribution in [0.1, 0.15) is 37.8 Å². The molecule has 1 aliphatic heterocycles. The summed E-state index contributed by atoms with van der Waals surface area (Å²) in [7, 11) is 1.60. The highest BCUT2D eigenvalue weighted by Crippen LogP contribution is 2.24. The second kappa shape index (κ2) is 7.97. The van der Waals surface area contributed by atoms with Crippen molar-refractivity contribution >= 4 is 11.8 Å². The molecule has 0 aliphatic carbocycles. The molecule has 1 aliphatic rings. The monoisotopic (exact) mass is 319 g/mol. The van der Waals surface area contributed by atoms with E-state index in [4.69, 9.17) is 10.5 Å². The number of carbonyl (C=O) groups excluding carboxylic acids is 2. The van der Waals surface area contributed by atoms with Crippen molar-refractivity contribution in [2.75, 3.05) is 20.2 Å². The largest absolute Gasteiger partial charge is 0.497 e. The van der Waals surface area contributed by atoms with Crippen LogP contribution in [-0.2, 0) is 9.59 Å². The van der Waals surface area contributed by atoms with Gasteiger partial charge in [-0.2, -0.15) is 0 Å². The molecule has 1 saturated heterocycles. The van der Waals surface area contributed by atoms with Crippen molar-refractivity contribution in [3.05, 3.63) is 29.8 Å². The van der Waals surface area contributed by atoms with Gasteiger partial charge < -0.3 is 20.7 Å². The predicted molar refractivity (Wildman–Crippen MR) is 88.0 cm³/mol. The van der Waals surface area contributed by atoms with Gasteiger partial charge in [-0.05, 0) is 30.5 Å². The molecule has 0 unspecified atom stereocenters. The van der Waals surface area contributed by atoms with Crippen molar-refractivity contribution in [2.24, 2.45) is 5.73 Å². The maximum absolute atomic E-state index is 12.6. The molecule has 0 radical (unpaired) electrons. The summed E-state index contributed by atoms with van der Waals surface area (Å²) < 4.78 is 5.14. The molecule has 1 heterocycles. The molecule has 23 heavy (non-hydrogen) atoms. The molecule has 6 nitrogen and oxygen atoms in total. The zero-order valence-electron chi connectivity index (χ0n) is 13.7. The SMILES string of the molecule is COc1ccc([C@@H](CC(=O)N2CCC[C@H]2CN)NC(C)=O)cc1. The van der Waals surface area contributed by atoms with Gasteiger partial charge in [0.05, 0.1) is 19.6 Å². The predicted octanol–water partition coefficient (Wildman–Crippen LogP) is 1.21. The van der Waals surface area contributed by atoms with E-state index in [0.29, 0.717) is 6.54 Å². The number of rotatable bonds is 6. The summed E-state index contributed by atoms with van der Waals surface area (Å²) >= 11 is 0. The Morgan fingerprint density at radius 2 is 2.09 bits per heavy atom. The standard InChI is InChI=1S/C17H25N3O3/c1-12(21)19-16(13-5-7-15(23-2)8-6-13)10-17(22)20-9-3-4-14(20)11-18/h5-8,14,16H,3-4,9-11,18H2,1-2H3,(H,19,21)/t14-,16+/m0/s1. The zero-order valence-corrected chi connectivity index (χ0v) is 13.7. The first-order chi connectivity index (χ1) is 11.0. The van der Waals surface area contributed by atoms with Gasteiger partial charge in [0.1, 0.15) is 5.75 Å². The molecule has 2 amide bonds. The number of ether oxygens (including phenoxy) is 1. The molecule has 3 N–H and O–H groups in total. The number of nitrogens with one attached hydrogen (secondary N) is 1.